The molecule has 0 aliphatic carbocycles. The van der Waals surface area contributed by atoms with Crippen molar-refractivity contribution < 1.29 is 13.2 Å². The minimum Gasteiger partial charge on any atom is -0.355 e. The summed E-state index contributed by atoms with van der Waals surface area (Å²) in [6.07, 6.45) is -0.902. The predicted octanol–water partition coefficient (Wildman–Crippen LogP) is 8.18. The molecular formula is C34H31F3N6. The lowest BCUT2D eigenvalue weighted by molar-refractivity contribution is -0.137. The zero-order valence-electron chi connectivity index (χ0n) is 23.7. The van der Waals surface area contributed by atoms with E-state index in [0.29, 0.717) is 40.2 Å². The van der Waals surface area contributed by atoms with Gasteiger partial charge in [-0.1, -0.05) is 72.8 Å². The van der Waals surface area contributed by atoms with Gasteiger partial charge in [-0.25, -0.2) is 9.97 Å². The highest BCUT2D eigenvalue weighted by Gasteiger charge is 2.31. The Morgan fingerprint density at radius 1 is 0.837 bits per heavy atom. The first-order valence-electron chi connectivity index (χ1n) is 14.4. The highest BCUT2D eigenvalue weighted by atomic mass is 19.4. The van der Waals surface area contributed by atoms with Crippen molar-refractivity contribution in [2.24, 2.45) is 0 Å². The van der Waals surface area contributed by atoms with E-state index in [1.165, 1.54) is 11.6 Å². The lowest BCUT2D eigenvalue weighted by Crippen LogP contribution is -2.33. The molecule has 3 aromatic carbocycles. The van der Waals surface area contributed by atoms with Crippen LogP contribution in [-0.2, 0) is 6.18 Å². The van der Waals surface area contributed by atoms with Gasteiger partial charge in [-0.2, -0.15) is 13.2 Å². The molecule has 0 spiro atoms. The minimum absolute atomic E-state index is 0.0589. The van der Waals surface area contributed by atoms with Crippen LogP contribution in [0.15, 0.2) is 103 Å². The van der Waals surface area contributed by atoms with E-state index in [0.717, 1.165) is 43.6 Å². The minimum atomic E-state index is -4.48. The molecule has 43 heavy (non-hydrogen) atoms. The Labute approximate surface area is 248 Å². The van der Waals surface area contributed by atoms with Gasteiger partial charge in [-0.15, -0.1) is 10.2 Å². The topological polar surface area (TPSA) is 66.8 Å². The van der Waals surface area contributed by atoms with Crippen molar-refractivity contribution in [3.63, 3.8) is 0 Å². The molecule has 1 saturated heterocycles. The van der Waals surface area contributed by atoms with Crippen LogP contribution in [0.2, 0.25) is 0 Å². The van der Waals surface area contributed by atoms with Crippen LogP contribution in [0.3, 0.4) is 0 Å². The van der Waals surface area contributed by atoms with Crippen LogP contribution in [0.1, 0.15) is 48.4 Å². The predicted molar refractivity (Wildman–Crippen MR) is 163 cm³/mol. The quantitative estimate of drug-likeness (QED) is 0.209. The molecule has 0 amide bonds. The Morgan fingerprint density at radius 2 is 1.56 bits per heavy atom. The highest BCUT2D eigenvalue weighted by Crippen LogP contribution is 2.37. The number of hydrogen-bond acceptors (Lipinski definition) is 6. The molecule has 5 aromatic rings. The number of hydrogen-bond donors (Lipinski definition) is 1. The Kier molecular flexibility index (Phi) is 8.05. The van der Waals surface area contributed by atoms with Crippen molar-refractivity contribution >= 4 is 11.8 Å². The third-order valence-electron chi connectivity index (χ3n) is 7.91. The second-order valence-corrected chi connectivity index (χ2v) is 10.8. The molecule has 0 radical (unpaired) electrons. The van der Waals surface area contributed by atoms with E-state index in [4.69, 9.17) is 4.98 Å². The van der Waals surface area contributed by atoms with Gasteiger partial charge in [-0.05, 0) is 61.1 Å². The smallest absolute Gasteiger partial charge is 0.355 e. The molecule has 1 fully saturated rings. The zero-order valence-corrected chi connectivity index (χ0v) is 23.7. The van der Waals surface area contributed by atoms with Crippen molar-refractivity contribution in [2.45, 2.75) is 37.9 Å². The number of aromatic nitrogens is 4. The SMILES string of the molecule is C[C@H](Nc1nccc(-c2cc(N3CCC(c4ccccc4)CC3)nnc2-c2cccc(C(F)(F)F)c2)n1)c1ccccc1. The maximum Gasteiger partial charge on any atom is 0.416 e. The Morgan fingerprint density at radius 3 is 2.28 bits per heavy atom. The van der Waals surface area contributed by atoms with Crippen LogP contribution in [0, 0.1) is 0 Å². The summed E-state index contributed by atoms with van der Waals surface area (Å²) in [6.45, 7) is 3.61. The van der Waals surface area contributed by atoms with Crippen LogP contribution in [-0.4, -0.2) is 33.3 Å². The third-order valence-corrected chi connectivity index (χ3v) is 7.91. The molecule has 3 heterocycles. The van der Waals surface area contributed by atoms with Gasteiger partial charge in [0.1, 0.15) is 5.69 Å². The third kappa shape index (κ3) is 6.51. The summed E-state index contributed by atoms with van der Waals surface area (Å²) in [5, 5.41) is 12.3. The number of nitrogens with zero attached hydrogens (tertiary/aromatic N) is 5. The molecule has 9 heteroatoms. The molecule has 0 unspecified atom stereocenters. The summed E-state index contributed by atoms with van der Waals surface area (Å²) in [5.74, 6) is 1.55. The van der Waals surface area contributed by atoms with Crippen LogP contribution in [0.5, 0.6) is 0 Å². The number of benzene rings is 3. The van der Waals surface area contributed by atoms with E-state index in [9.17, 15) is 13.2 Å². The maximum atomic E-state index is 13.6. The molecule has 2 aromatic heterocycles. The molecule has 6 rings (SSSR count). The summed E-state index contributed by atoms with van der Waals surface area (Å²) in [5.41, 5.74) is 3.44. The molecular weight excluding hydrogens is 549 g/mol. The fourth-order valence-corrected chi connectivity index (χ4v) is 5.55. The molecule has 1 aliphatic heterocycles. The number of rotatable bonds is 7. The average molecular weight is 581 g/mol. The fraction of sp³-hybridized carbons (Fsp3) is 0.235. The van der Waals surface area contributed by atoms with E-state index >= 15 is 0 Å². The summed E-state index contributed by atoms with van der Waals surface area (Å²) in [4.78, 5) is 11.4. The number of halogens is 3. The van der Waals surface area contributed by atoms with Gasteiger partial charge in [0, 0.05) is 30.4 Å². The van der Waals surface area contributed by atoms with Gasteiger partial charge >= 0.3 is 6.18 Å². The second kappa shape index (κ2) is 12.2. The summed E-state index contributed by atoms with van der Waals surface area (Å²) < 4.78 is 40.8. The lowest BCUT2D eigenvalue weighted by atomic mass is 9.89. The van der Waals surface area contributed by atoms with Gasteiger partial charge in [0.15, 0.2) is 5.82 Å². The van der Waals surface area contributed by atoms with Gasteiger partial charge in [0.2, 0.25) is 5.95 Å². The second-order valence-electron chi connectivity index (χ2n) is 10.8. The van der Waals surface area contributed by atoms with Crippen molar-refractivity contribution in [1.82, 2.24) is 20.2 Å². The zero-order chi connectivity index (χ0) is 29.8. The fourth-order valence-electron chi connectivity index (χ4n) is 5.55. The average Bonchev–Trinajstić information content (AvgIpc) is 3.05. The maximum absolute atomic E-state index is 13.6. The number of alkyl halides is 3. The van der Waals surface area contributed by atoms with Gasteiger partial charge in [0.05, 0.1) is 17.3 Å². The molecule has 6 nitrogen and oxygen atoms in total. The summed E-state index contributed by atoms with van der Waals surface area (Å²) in [6, 6.07) is 29.2. The largest absolute Gasteiger partial charge is 0.416 e. The Hall–Kier alpha value is -4.79. The number of piperidine rings is 1. The first kappa shape index (κ1) is 28.3. The van der Waals surface area contributed by atoms with Crippen LogP contribution >= 0.6 is 0 Å². The van der Waals surface area contributed by atoms with Gasteiger partial charge < -0.3 is 10.2 Å². The molecule has 1 atom stereocenters. The van der Waals surface area contributed by atoms with Crippen molar-refractivity contribution in [3.05, 3.63) is 120 Å². The Bertz CT molecular complexity index is 1670. The first-order chi connectivity index (χ1) is 20.8. The number of nitrogens with one attached hydrogen (secondary N) is 1. The van der Waals surface area contributed by atoms with Crippen molar-refractivity contribution in [1.29, 1.82) is 0 Å². The van der Waals surface area contributed by atoms with Crippen LogP contribution in [0.4, 0.5) is 24.9 Å². The van der Waals surface area contributed by atoms with Crippen LogP contribution in [0.25, 0.3) is 22.5 Å². The van der Waals surface area contributed by atoms with E-state index in [1.807, 2.05) is 49.4 Å². The van der Waals surface area contributed by atoms with E-state index in [-0.39, 0.29) is 6.04 Å². The van der Waals surface area contributed by atoms with Crippen LogP contribution < -0.4 is 10.2 Å². The van der Waals surface area contributed by atoms with Crippen molar-refractivity contribution in [3.8, 4) is 22.5 Å². The van der Waals surface area contributed by atoms with Crippen molar-refractivity contribution in [2.75, 3.05) is 23.3 Å². The van der Waals surface area contributed by atoms with E-state index < -0.39 is 11.7 Å². The monoisotopic (exact) mass is 580 g/mol. The molecule has 0 saturated carbocycles. The van der Waals surface area contributed by atoms with E-state index in [1.54, 1.807) is 18.3 Å². The summed E-state index contributed by atoms with van der Waals surface area (Å²) in [7, 11) is 0. The molecule has 1 aliphatic rings. The number of anilines is 2. The first-order valence-corrected chi connectivity index (χ1v) is 14.4. The standard InChI is InChI=1S/C34H31F3N6/c1-23(24-9-4-2-5-10-24)39-33-38-18-15-30(40-33)29-22-31(43-19-16-26(17-20-43)25-11-6-3-7-12-25)41-42-32(29)27-13-8-14-28(21-27)34(35,36)37/h2-15,18,21-23,26H,16-17,19-20H2,1H3,(H,38,39,40)/t23-/m0/s1. The van der Waals surface area contributed by atoms with Gasteiger partial charge in [0.25, 0.3) is 0 Å². The molecule has 0 bridgehead atoms. The molecule has 218 valence electrons. The van der Waals surface area contributed by atoms with Gasteiger partial charge in [-0.3, -0.25) is 0 Å². The summed E-state index contributed by atoms with van der Waals surface area (Å²) >= 11 is 0. The lowest BCUT2D eigenvalue weighted by Gasteiger charge is -2.33. The highest BCUT2D eigenvalue weighted by molar-refractivity contribution is 5.81. The Balaban J connectivity index is 1.34. The normalized spacial score (nSPS) is 14.8. The molecule has 1 N–H and O–H groups in total. The van der Waals surface area contributed by atoms with E-state index in [2.05, 4.69) is 49.7 Å².